The van der Waals surface area contributed by atoms with Gasteiger partial charge in [-0.15, -0.1) is 5.10 Å². The van der Waals surface area contributed by atoms with Crippen LogP contribution in [0.1, 0.15) is 30.9 Å². The first-order valence-electron chi connectivity index (χ1n) is 6.63. The van der Waals surface area contributed by atoms with E-state index in [4.69, 9.17) is 5.11 Å². The van der Waals surface area contributed by atoms with Gasteiger partial charge in [0.05, 0.1) is 12.1 Å². The van der Waals surface area contributed by atoms with Gasteiger partial charge in [-0.3, -0.25) is 4.79 Å². The van der Waals surface area contributed by atoms with Gasteiger partial charge in [0.1, 0.15) is 5.82 Å². The number of hydrogen-bond acceptors (Lipinski definition) is 5. The molecule has 0 aliphatic carbocycles. The zero-order valence-corrected chi connectivity index (χ0v) is 11.2. The van der Waals surface area contributed by atoms with E-state index in [1.54, 1.807) is 0 Å². The molecule has 0 saturated carbocycles. The van der Waals surface area contributed by atoms with E-state index in [9.17, 15) is 4.79 Å². The summed E-state index contributed by atoms with van der Waals surface area (Å²) in [5.74, 6) is 0.318. The van der Waals surface area contributed by atoms with Crippen molar-refractivity contribution in [1.82, 2.24) is 15.1 Å². The maximum atomic E-state index is 10.4. The first kappa shape index (κ1) is 13.7. The van der Waals surface area contributed by atoms with E-state index < -0.39 is 5.97 Å². The Balaban J connectivity index is 1.85. The fourth-order valence-electron chi connectivity index (χ4n) is 2.26. The lowest BCUT2D eigenvalue weighted by Crippen LogP contribution is -2.29. The summed E-state index contributed by atoms with van der Waals surface area (Å²) in [5, 5.41) is 19.8. The molecule has 1 aliphatic rings. The molecule has 1 aromatic rings. The number of aromatic nitrogens is 2. The van der Waals surface area contributed by atoms with Crippen molar-refractivity contribution >= 4 is 11.8 Å². The van der Waals surface area contributed by atoms with Crippen LogP contribution in [-0.4, -0.2) is 52.9 Å². The Kier molecular flexibility index (Phi) is 4.68. The third-order valence-electron chi connectivity index (χ3n) is 3.47. The summed E-state index contributed by atoms with van der Waals surface area (Å²) in [7, 11) is 2.14. The number of rotatable bonds is 5. The fraction of sp³-hybridized carbons (Fsp3) is 0.615. The van der Waals surface area contributed by atoms with Crippen LogP contribution in [0.25, 0.3) is 0 Å². The number of carbonyl (C=O) groups is 1. The first-order valence-corrected chi connectivity index (χ1v) is 6.63. The molecule has 0 aromatic carbocycles. The van der Waals surface area contributed by atoms with E-state index in [2.05, 4.69) is 27.5 Å². The number of likely N-dealkylation sites (tertiary alicyclic amines) is 1. The van der Waals surface area contributed by atoms with Crippen LogP contribution >= 0.6 is 0 Å². The molecule has 0 radical (unpaired) electrons. The van der Waals surface area contributed by atoms with Gasteiger partial charge in [0.15, 0.2) is 0 Å². The average molecular weight is 264 g/mol. The van der Waals surface area contributed by atoms with Gasteiger partial charge in [0.2, 0.25) is 0 Å². The van der Waals surface area contributed by atoms with Crippen LogP contribution in [0, 0.1) is 0 Å². The summed E-state index contributed by atoms with van der Waals surface area (Å²) in [6.45, 7) is 2.58. The van der Waals surface area contributed by atoms with Crippen molar-refractivity contribution in [2.45, 2.75) is 25.2 Å². The molecular weight excluding hydrogens is 244 g/mol. The molecule has 0 atom stereocenters. The van der Waals surface area contributed by atoms with Gasteiger partial charge in [-0.1, -0.05) is 0 Å². The fourth-order valence-corrected chi connectivity index (χ4v) is 2.26. The summed E-state index contributed by atoms with van der Waals surface area (Å²) in [6, 6.07) is 3.87. The Bertz CT molecular complexity index is 413. The lowest BCUT2D eigenvalue weighted by molar-refractivity contribution is -0.136. The van der Waals surface area contributed by atoms with Gasteiger partial charge in [-0.05, 0) is 45.1 Å². The van der Waals surface area contributed by atoms with Crippen molar-refractivity contribution in [3.8, 4) is 0 Å². The van der Waals surface area contributed by atoms with Gasteiger partial charge < -0.3 is 15.3 Å². The molecule has 6 nitrogen and oxygen atoms in total. The van der Waals surface area contributed by atoms with E-state index in [1.165, 1.54) is 0 Å². The van der Waals surface area contributed by atoms with Gasteiger partial charge in [0.25, 0.3) is 0 Å². The summed E-state index contributed by atoms with van der Waals surface area (Å²) in [5.41, 5.74) is 1.04. The second-order valence-corrected chi connectivity index (χ2v) is 4.99. The van der Waals surface area contributed by atoms with Crippen LogP contribution in [0.4, 0.5) is 5.82 Å². The Hall–Kier alpha value is -1.69. The molecule has 6 heteroatoms. The number of hydrogen-bond donors (Lipinski definition) is 2. The third-order valence-corrected chi connectivity index (χ3v) is 3.47. The minimum absolute atomic E-state index is 0.0817. The lowest BCUT2D eigenvalue weighted by atomic mass is 9.94. The Labute approximate surface area is 112 Å². The number of nitrogens with one attached hydrogen (secondary N) is 1. The molecule has 1 fully saturated rings. The Morgan fingerprint density at radius 3 is 2.74 bits per heavy atom. The third kappa shape index (κ3) is 4.17. The molecular formula is C13H20N4O2. The smallest absolute Gasteiger partial charge is 0.305 e. The molecule has 0 amide bonds. The zero-order chi connectivity index (χ0) is 13.7. The molecule has 0 spiro atoms. The highest BCUT2D eigenvalue weighted by Gasteiger charge is 2.19. The number of anilines is 1. The number of carboxylic acids is 1. The highest BCUT2D eigenvalue weighted by atomic mass is 16.4. The predicted molar refractivity (Wildman–Crippen MR) is 72.2 cm³/mol. The highest BCUT2D eigenvalue weighted by molar-refractivity contribution is 5.67. The number of nitrogens with zero attached hydrogens (tertiary/aromatic N) is 3. The van der Waals surface area contributed by atoms with E-state index in [1.807, 2.05) is 12.1 Å². The average Bonchev–Trinajstić information content (AvgIpc) is 2.40. The van der Waals surface area contributed by atoms with Gasteiger partial charge in [0, 0.05) is 12.5 Å². The Morgan fingerprint density at radius 2 is 2.16 bits per heavy atom. The maximum Gasteiger partial charge on any atom is 0.305 e. The summed E-state index contributed by atoms with van der Waals surface area (Å²) in [6.07, 6.45) is 2.33. The van der Waals surface area contributed by atoms with Crippen LogP contribution in [0.2, 0.25) is 0 Å². The molecule has 104 valence electrons. The summed E-state index contributed by atoms with van der Waals surface area (Å²) < 4.78 is 0. The van der Waals surface area contributed by atoms with Crippen LogP contribution < -0.4 is 5.32 Å². The number of piperidine rings is 1. The van der Waals surface area contributed by atoms with Crippen LogP contribution in [0.15, 0.2) is 12.1 Å². The second kappa shape index (κ2) is 6.47. The molecule has 2 rings (SSSR count). The maximum absolute atomic E-state index is 10.4. The quantitative estimate of drug-likeness (QED) is 0.831. The van der Waals surface area contributed by atoms with E-state index >= 15 is 0 Å². The minimum atomic E-state index is -0.816. The second-order valence-electron chi connectivity index (χ2n) is 4.99. The van der Waals surface area contributed by atoms with E-state index in [0.717, 1.165) is 31.6 Å². The zero-order valence-electron chi connectivity index (χ0n) is 11.2. The first-order chi connectivity index (χ1) is 9.15. The van der Waals surface area contributed by atoms with Crippen molar-refractivity contribution in [3.05, 3.63) is 17.8 Å². The van der Waals surface area contributed by atoms with Crippen LogP contribution in [-0.2, 0) is 4.79 Å². The summed E-state index contributed by atoms with van der Waals surface area (Å²) in [4.78, 5) is 12.7. The minimum Gasteiger partial charge on any atom is -0.481 e. The van der Waals surface area contributed by atoms with E-state index in [0.29, 0.717) is 18.3 Å². The van der Waals surface area contributed by atoms with Crippen LogP contribution in [0.3, 0.4) is 0 Å². The SMILES string of the molecule is CN1CCC(c2ccc(NCCC(=O)O)nn2)CC1. The van der Waals surface area contributed by atoms with Crippen LogP contribution in [0.5, 0.6) is 0 Å². The van der Waals surface area contributed by atoms with Gasteiger partial charge in [-0.2, -0.15) is 5.10 Å². The molecule has 0 bridgehead atoms. The number of carboxylic acid groups (broad SMARTS) is 1. The topological polar surface area (TPSA) is 78.4 Å². The highest BCUT2D eigenvalue weighted by Crippen LogP contribution is 2.25. The monoisotopic (exact) mass is 264 g/mol. The van der Waals surface area contributed by atoms with Gasteiger partial charge in [-0.25, -0.2) is 0 Å². The molecule has 2 N–H and O–H groups in total. The molecule has 1 saturated heterocycles. The van der Waals surface area contributed by atoms with Crippen molar-refractivity contribution in [2.75, 3.05) is 32.0 Å². The molecule has 19 heavy (non-hydrogen) atoms. The molecule has 1 aliphatic heterocycles. The standard InChI is InChI=1S/C13H20N4O2/c1-17-8-5-10(6-9-17)11-2-3-12(16-15-11)14-7-4-13(18)19/h2-3,10H,4-9H2,1H3,(H,14,16)(H,18,19). The molecule has 0 unspecified atom stereocenters. The lowest BCUT2D eigenvalue weighted by Gasteiger charge is -2.28. The Morgan fingerprint density at radius 1 is 1.42 bits per heavy atom. The molecule has 2 heterocycles. The normalized spacial score (nSPS) is 17.3. The predicted octanol–water partition coefficient (Wildman–Crippen LogP) is 1.17. The van der Waals surface area contributed by atoms with E-state index in [-0.39, 0.29) is 6.42 Å². The van der Waals surface area contributed by atoms with Gasteiger partial charge >= 0.3 is 5.97 Å². The van der Waals surface area contributed by atoms with Crippen molar-refractivity contribution in [2.24, 2.45) is 0 Å². The molecule has 1 aromatic heterocycles. The van der Waals surface area contributed by atoms with Crippen molar-refractivity contribution < 1.29 is 9.90 Å². The van der Waals surface area contributed by atoms with Crippen molar-refractivity contribution in [3.63, 3.8) is 0 Å². The van der Waals surface area contributed by atoms with Crippen molar-refractivity contribution in [1.29, 1.82) is 0 Å². The number of aliphatic carboxylic acids is 1. The largest absolute Gasteiger partial charge is 0.481 e. The summed E-state index contributed by atoms with van der Waals surface area (Å²) >= 11 is 0.